The van der Waals surface area contributed by atoms with Gasteiger partial charge in [-0.25, -0.2) is 11.0 Å². The van der Waals surface area contributed by atoms with E-state index in [1.54, 1.807) is 7.05 Å². The lowest BCUT2D eigenvalue weighted by Crippen LogP contribution is -2.25. The van der Waals surface area contributed by atoms with Crippen molar-refractivity contribution in [3.8, 4) is 11.1 Å². The molecule has 0 aliphatic heterocycles. The SMILES string of the molecule is Cc1cc(/C(N)=N/N(C)N)cc(C)c1-c1cccc2c1CCC2. The third-order valence-corrected chi connectivity index (χ3v) is 4.51. The fourth-order valence-electron chi connectivity index (χ4n) is 3.62. The molecular weight excluding hydrogens is 284 g/mol. The first kappa shape index (κ1) is 15.6. The van der Waals surface area contributed by atoms with E-state index in [1.165, 1.54) is 57.8 Å². The summed E-state index contributed by atoms with van der Waals surface area (Å²) in [5, 5.41) is 5.33. The van der Waals surface area contributed by atoms with Gasteiger partial charge in [-0.15, -0.1) is 5.10 Å². The third kappa shape index (κ3) is 2.94. The maximum absolute atomic E-state index is 6.04. The molecule has 4 nitrogen and oxygen atoms in total. The van der Waals surface area contributed by atoms with Gasteiger partial charge >= 0.3 is 0 Å². The average Bonchev–Trinajstić information content (AvgIpc) is 2.95. The van der Waals surface area contributed by atoms with Gasteiger partial charge in [0.05, 0.1) is 0 Å². The molecule has 120 valence electrons. The molecule has 1 aliphatic rings. The van der Waals surface area contributed by atoms with Crippen LogP contribution in [0.2, 0.25) is 0 Å². The second-order valence-electron chi connectivity index (χ2n) is 6.34. The Bertz CT molecular complexity index is 752. The van der Waals surface area contributed by atoms with Gasteiger partial charge in [0.2, 0.25) is 0 Å². The topological polar surface area (TPSA) is 67.6 Å². The van der Waals surface area contributed by atoms with Gasteiger partial charge in [-0.3, -0.25) is 0 Å². The average molecular weight is 308 g/mol. The van der Waals surface area contributed by atoms with E-state index in [4.69, 9.17) is 11.6 Å². The first-order chi connectivity index (χ1) is 11.0. The van der Waals surface area contributed by atoms with Crippen molar-refractivity contribution in [2.24, 2.45) is 16.7 Å². The Hall–Kier alpha value is -2.33. The molecule has 0 radical (unpaired) electrons. The van der Waals surface area contributed by atoms with E-state index in [1.807, 2.05) is 0 Å². The van der Waals surface area contributed by atoms with Gasteiger partial charge in [-0.1, -0.05) is 18.2 Å². The summed E-state index contributed by atoms with van der Waals surface area (Å²) in [5.74, 6) is 5.99. The van der Waals surface area contributed by atoms with Crippen molar-refractivity contribution in [1.82, 2.24) is 5.12 Å². The summed E-state index contributed by atoms with van der Waals surface area (Å²) in [6.07, 6.45) is 3.63. The Morgan fingerprint density at radius 2 is 1.83 bits per heavy atom. The number of amidine groups is 1. The van der Waals surface area contributed by atoms with Crippen molar-refractivity contribution in [2.45, 2.75) is 33.1 Å². The van der Waals surface area contributed by atoms with Crippen molar-refractivity contribution < 1.29 is 0 Å². The van der Waals surface area contributed by atoms with Gasteiger partial charge in [0.1, 0.15) is 0 Å². The Balaban J connectivity index is 2.11. The number of hydrogen-bond donors (Lipinski definition) is 2. The molecule has 4 heteroatoms. The number of nitrogens with two attached hydrogens (primary N) is 2. The molecule has 4 N–H and O–H groups in total. The van der Waals surface area contributed by atoms with Crippen LogP contribution in [0, 0.1) is 13.8 Å². The van der Waals surface area contributed by atoms with Crippen LogP contribution < -0.4 is 11.6 Å². The lowest BCUT2D eigenvalue weighted by molar-refractivity contribution is 0.371. The molecule has 2 aromatic rings. The highest BCUT2D eigenvalue weighted by molar-refractivity contribution is 5.98. The largest absolute Gasteiger partial charge is 0.382 e. The van der Waals surface area contributed by atoms with E-state index in [0.29, 0.717) is 5.84 Å². The molecule has 0 aromatic heterocycles. The summed E-state index contributed by atoms with van der Waals surface area (Å²) in [6.45, 7) is 4.28. The highest BCUT2D eigenvalue weighted by Crippen LogP contribution is 2.36. The van der Waals surface area contributed by atoms with Gasteiger partial charge in [0, 0.05) is 12.6 Å². The Morgan fingerprint density at radius 3 is 2.48 bits per heavy atom. The number of nitrogens with zero attached hydrogens (tertiary/aromatic N) is 2. The van der Waals surface area contributed by atoms with Crippen molar-refractivity contribution in [2.75, 3.05) is 7.05 Å². The standard InChI is InChI=1S/C19H24N4/c1-12-10-15(19(20)22-23(3)21)11-13(2)18(12)17-9-5-7-14-6-4-8-16(14)17/h5,7,9-11H,4,6,8,21H2,1-3H3,(H2,20,22). The van der Waals surface area contributed by atoms with Crippen molar-refractivity contribution in [3.63, 3.8) is 0 Å². The zero-order valence-corrected chi connectivity index (χ0v) is 14.1. The molecule has 0 heterocycles. The van der Waals surface area contributed by atoms with E-state index < -0.39 is 0 Å². The summed E-state index contributed by atoms with van der Waals surface area (Å²) in [6, 6.07) is 10.9. The smallest absolute Gasteiger partial charge is 0.152 e. The van der Waals surface area contributed by atoms with Gasteiger partial charge in [0.25, 0.3) is 0 Å². The van der Waals surface area contributed by atoms with Crippen LogP contribution in [-0.4, -0.2) is 18.0 Å². The number of benzene rings is 2. The van der Waals surface area contributed by atoms with Gasteiger partial charge < -0.3 is 5.73 Å². The van der Waals surface area contributed by atoms with E-state index in [2.05, 4.69) is 49.3 Å². The number of hydrazone groups is 1. The van der Waals surface area contributed by atoms with Crippen LogP contribution in [0.25, 0.3) is 11.1 Å². The van der Waals surface area contributed by atoms with E-state index >= 15 is 0 Å². The van der Waals surface area contributed by atoms with Gasteiger partial charge in [0.15, 0.2) is 5.84 Å². The molecule has 0 fully saturated rings. The minimum atomic E-state index is 0.436. The van der Waals surface area contributed by atoms with Crippen LogP contribution in [0.1, 0.15) is 34.2 Å². The molecule has 0 atom stereocenters. The monoisotopic (exact) mass is 308 g/mol. The van der Waals surface area contributed by atoms with Crippen LogP contribution in [0.15, 0.2) is 35.4 Å². The normalized spacial score (nSPS) is 14.0. The number of rotatable bonds is 3. The second kappa shape index (κ2) is 6.05. The predicted molar refractivity (Wildman–Crippen MR) is 96.1 cm³/mol. The zero-order chi connectivity index (χ0) is 16.6. The van der Waals surface area contributed by atoms with Crippen molar-refractivity contribution in [1.29, 1.82) is 0 Å². The zero-order valence-electron chi connectivity index (χ0n) is 14.1. The predicted octanol–water partition coefficient (Wildman–Crippen LogP) is 2.88. The second-order valence-corrected chi connectivity index (χ2v) is 6.34. The molecule has 0 saturated carbocycles. The molecule has 2 aromatic carbocycles. The maximum atomic E-state index is 6.04. The molecule has 23 heavy (non-hydrogen) atoms. The van der Waals surface area contributed by atoms with Crippen LogP contribution in [0.5, 0.6) is 0 Å². The highest BCUT2D eigenvalue weighted by atomic mass is 15.6. The number of hydrazine groups is 1. The third-order valence-electron chi connectivity index (χ3n) is 4.51. The summed E-state index contributed by atoms with van der Waals surface area (Å²) >= 11 is 0. The molecule has 3 rings (SSSR count). The van der Waals surface area contributed by atoms with Gasteiger partial charge in [-0.05, 0) is 78.6 Å². The van der Waals surface area contributed by atoms with Crippen LogP contribution in [0.3, 0.4) is 0 Å². The lowest BCUT2D eigenvalue weighted by Gasteiger charge is -2.16. The fraction of sp³-hybridized carbons (Fsp3) is 0.316. The molecule has 0 amide bonds. The first-order valence-corrected chi connectivity index (χ1v) is 8.02. The lowest BCUT2D eigenvalue weighted by atomic mass is 9.89. The van der Waals surface area contributed by atoms with E-state index in [-0.39, 0.29) is 0 Å². The van der Waals surface area contributed by atoms with Crippen molar-refractivity contribution in [3.05, 3.63) is 58.1 Å². The Labute approximate surface area is 137 Å². The molecule has 0 saturated heterocycles. The summed E-state index contributed by atoms with van der Waals surface area (Å²) < 4.78 is 0. The Morgan fingerprint density at radius 1 is 1.13 bits per heavy atom. The van der Waals surface area contributed by atoms with Gasteiger partial charge in [-0.2, -0.15) is 0 Å². The highest BCUT2D eigenvalue weighted by Gasteiger charge is 2.18. The number of hydrogen-bond acceptors (Lipinski definition) is 3. The molecular formula is C19H24N4. The summed E-state index contributed by atoms with van der Waals surface area (Å²) in [4.78, 5) is 0. The minimum absolute atomic E-state index is 0.436. The summed E-state index contributed by atoms with van der Waals surface area (Å²) in [5.41, 5.74) is 15.1. The maximum Gasteiger partial charge on any atom is 0.152 e. The fourth-order valence-corrected chi connectivity index (χ4v) is 3.62. The van der Waals surface area contributed by atoms with Crippen molar-refractivity contribution >= 4 is 5.84 Å². The van der Waals surface area contributed by atoms with E-state index in [9.17, 15) is 0 Å². The van der Waals surface area contributed by atoms with Crippen LogP contribution >= 0.6 is 0 Å². The number of fused-ring (bicyclic) bond motifs is 1. The van der Waals surface area contributed by atoms with E-state index in [0.717, 1.165) is 5.56 Å². The van der Waals surface area contributed by atoms with Crippen LogP contribution in [-0.2, 0) is 12.8 Å². The Kier molecular flexibility index (Phi) is 4.09. The molecule has 0 unspecified atom stereocenters. The molecule has 1 aliphatic carbocycles. The number of aryl methyl sites for hydroxylation is 3. The first-order valence-electron chi connectivity index (χ1n) is 8.02. The summed E-state index contributed by atoms with van der Waals surface area (Å²) in [7, 11) is 1.66. The molecule has 0 bridgehead atoms. The minimum Gasteiger partial charge on any atom is -0.382 e. The van der Waals surface area contributed by atoms with Crippen LogP contribution in [0.4, 0.5) is 0 Å². The quantitative estimate of drug-likeness (QED) is 0.396. The molecule has 0 spiro atoms.